The molecule has 1 atom stereocenters. The Morgan fingerprint density at radius 3 is 2.93 bits per heavy atom. The van der Waals surface area contributed by atoms with E-state index in [1.165, 1.54) is 10.9 Å². The quantitative estimate of drug-likeness (QED) is 0.681. The third kappa shape index (κ3) is 4.02. The molecule has 6 heteroatoms. The number of hydrogen-bond donors (Lipinski definition) is 1. The average Bonchev–Trinajstić information content (AvgIpc) is 3.35. The first-order valence-corrected chi connectivity index (χ1v) is 9.91. The largest absolute Gasteiger partial charge is 0.492 e. The van der Waals surface area contributed by atoms with Gasteiger partial charge in [0.25, 0.3) is 0 Å². The lowest BCUT2D eigenvalue weighted by atomic mass is 10.2. The molecule has 0 radical (unpaired) electrons. The Morgan fingerprint density at radius 2 is 2.04 bits per heavy atom. The van der Waals surface area contributed by atoms with Crippen molar-refractivity contribution < 1.29 is 9.53 Å². The van der Waals surface area contributed by atoms with Crippen molar-refractivity contribution in [2.24, 2.45) is 0 Å². The predicted octanol–water partition coefficient (Wildman–Crippen LogP) is 3.71. The molecule has 0 aliphatic carbocycles. The molecule has 0 bridgehead atoms. The van der Waals surface area contributed by atoms with E-state index in [1.54, 1.807) is 0 Å². The molecule has 1 aliphatic heterocycles. The second kappa shape index (κ2) is 8.44. The minimum Gasteiger partial charge on any atom is -0.492 e. The van der Waals surface area contributed by atoms with E-state index in [4.69, 9.17) is 4.74 Å². The fraction of sp³-hybridized carbons (Fsp3) is 0.364. The van der Waals surface area contributed by atoms with Gasteiger partial charge in [0.2, 0.25) is 5.91 Å². The number of rotatable bonds is 7. The van der Waals surface area contributed by atoms with Gasteiger partial charge in [-0.15, -0.1) is 0 Å². The molecule has 1 N–H and O–H groups in total. The molecule has 0 saturated carbocycles. The number of amides is 1. The lowest BCUT2D eigenvalue weighted by Gasteiger charge is -2.17. The second-order valence-electron chi connectivity index (χ2n) is 7.12. The van der Waals surface area contributed by atoms with Gasteiger partial charge in [0.15, 0.2) is 0 Å². The Bertz CT molecular complexity index is 952. The first-order valence-electron chi connectivity index (χ1n) is 9.91. The van der Waals surface area contributed by atoms with Crippen LogP contribution in [-0.4, -0.2) is 46.8 Å². The molecule has 1 fully saturated rings. The zero-order valence-corrected chi connectivity index (χ0v) is 16.2. The maximum Gasteiger partial charge on any atom is 0.225 e. The monoisotopic (exact) mass is 378 g/mol. The van der Waals surface area contributed by atoms with Gasteiger partial charge in [-0.1, -0.05) is 30.3 Å². The average molecular weight is 378 g/mol. The molecule has 1 amide bonds. The number of hydrogen-bond acceptors (Lipinski definition) is 4. The van der Waals surface area contributed by atoms with Crippen LogP contribution in [0.4, 0.5) is 5.69 Å². The summed E-state index contributed by atoms with van der Waals surface area (Å²) in [4.78, 5) is 14.7. The first-order chi connectivity index (χ1) is 13.7. The highest BCUT2D eigenvalue weighted by Gasteiger charge is 2.25. The van der Waals surface area contributed by atoms with Crippen molar-refractivity contribution in [3.05, 3.63) is 54.7 Å². The summed E-state index contributed by atoms with van der Waals surface area (Å²) in [5.41, 5.74) is 1.91. The van der Waals surface area contributed by atoms with E-state index in [0.717, 1.165) is 31.7 Å². The number of ether oxygens (including phenoxy) is 1. The number of fused-ring (bicyclic) bond motifs is 1. The highest BCUT2D eigenvalue weighted by Crippen LogP contribution is 2.26. The summed E-state index contributed by atoms with van der Waals surface area (Å²) in [6.45, 7) is 5.17. The molecule has 2 aromatic carbocycles. The van der Waals surface area contributed by atoms with Crippen LogP contribution in [0.5, 0.6) is 5.75 Å². The summed E-state index contributed by atoms with van der Waals surface area (Å²) in [6.07, 6.45) is 3.45. The minimum absolute atomic E-state index is 0.0140. The topological polar surface area (TPSA) is 59.4 Å². The molecule has 0 unspecified atom stereocenters. The van der Waals surface area contributed by atoms with Gasteiger partial charge >= 0.3 is 0 Å². The van der Waals surface area contributed by atoms with Gasteiger partial charge < -0.3 is 15.0 Å². The van der Waals surface area contributed by atoms with E-state index < -0.39 is 0 Å². The molecule has 28 heavy (non-hydrogen) atoms. The molecule has 146 valence electrons. The van der Waals surface area contributed by atoms with E-state index in [-0.39, 0.29) is 5.91 Å². The second-order valence-corrected chi connectivity index (χ2v) is 7.12. The number of anilines is 1. The molecule has 6 nitrogen and oxygen atoms in total. The van der Waals surface area contributed by atoms with Crippen LogP contribution in [0.2, 0.25) is 0 Å². The molecule has 2 heterocycles. The number of benzene rings is 2. The fourth-order valence-corrected chi connectivity index (χ4v) is 3.82. The number of aromatic nitrogens is 2. The van der Waals surface area contributed by atoms with Crippen molar-refractivity contribution in [1.82, 2.24) is 14.7 Å². The third-order valence-electron chi connectivity index (χ3n) is 5.21. The number of nitrogens with zero attached hydrogens (tertiary/aromatic N) is 3. The predicted molar refractivity (Wildman–Crippen MR) is 111 cm³/mol. The smallest absolute Gasteiger partial charge is 0.225 e. The van der Waals surface area contributed by atoms with Crippen molar-refractivity contribution in [2.45, 2.75) is 25.8 Å². The van der Waals surface area contributed by atoms with E-state index in [2.05, 4.69) is 38.2 Å². The third-order valence-corrected chi connectivity index (χ3v) is 5.21. The number of carbonyl (C=O) groups excluding carboxylic acids is 1. The number of likely N-dealkylation sites (tertiary alicyclic amines) is 1. The maximum absolute atomic E-state index is 12.4. The Labute approximate surface area is 165 Å². The molecule has 3 aromatic rings. The van der Waals surface area contributed by atoms with Gasteiger partial charge in [0, 0.05) is 31.4 Å². The van der Waals surface area contributed by atoms with Crippen LogP contribution in [0.1, 0.15) is 25.8 Å². The van der Waals surface area contributed by atoms with Crippen LogP contribution in [0, 0.1) is 0 Å². The molecule has 0 spiro atoms. The first kappa shape index (κ1) is 18.5. The van der Waals surface area contributed by atoms with Crippen molar-refractivity contribution in [1.29, 1.82) is 0 Å². The van der Waals surface area contributed by atoms with Crippen LogP contribution in [0.3, 0.4) is 0 Å². The van der Waals surface area contributed by atoms with Crippen LogP contribution in [0.25, 0.3) is 10.9 Å². The lowest BCUT2D eigenvalue weighted by molar-refractivity contribution is -0.116. The summed E-state index contributed by atoms with van der Waals surface area (Å²) in [6, 6.07) is 16.2. The van der Waals surface area contributed by atoms with Crippen molar-refractivity contribution in [2.75, 3.05) is 31.6 Å². The maximum atomic E-state index is 12.4. The Hall–Kier alpha value is -2.86. The van der Waals surface area contributed by atoms with E-state index in [0.29, 0.717) is 24.8 Å². The molecular formula is C22H26N4O2. The summed E-state index contributed by atoms with van der Waals surface area (Å²) >= 11 is 0. The standard InChI is InChI=1S/C22H26N4O2/c1-2-28-21-10-6-4-8-19(21)24-22(27)12-14-25-13-11-18(16-25)26-20-9-5-3-7-17(20)15-23-26/h3-10,15,18H,2,11-14,16H2,1H3,(H,24,27)/t18-/m1/s1. The summed E-state index contributed by atoms with van der Waals surface area (Å²) in [7, 11) is 0. The number of carbonyl (C=O) groups is 1. The van der Waals surface area contributed by atoms with Gasteiger partial charge in [0.05, 0.1) is 30.0 Å². The van der Waals surface area contributed by atoms with Gasteiger partial charge in [-0.05, 0) is 31.5 Å². The lowest BCUT2D eigenvalue weighted by Crippen LogP contribution is -2.26. The summed E-state index contributed by atoms with van der Waals surface area (Å²) in [5.74, 6) is 0.727. The van der Waals surface area contributed by atoms with Gasteiger partial charge in [0.1, 0.15) is 5.75 Å². The Morgan fingerprint density at radius 1 is 1.21 bits per heavy atom. The van der Waals surface area contributed by atoms with Crippen LogP contribution >= 0.6 is 0 Å². The highest BCUT2D eigenvalue weighted by molar-refractivity contribution is 5.92. The summed E-state index contributed by atoms with van der Waals surface area (Å²) < 4.78 is 7.70. The van der Waals surface area contributed by atoms with Crippen LogP contribution < -0.4 is 10.1 Å². The fourth-order valence-electron chi connectivity index (χ4n) is 3.82. The molecule has 1 saturated heterocycles. The Kier molecular flexibility index (Phi) is 5.58. The van der Waals surface area contributed by atoms with Crippen molar-refractivity contribution in [3.63, 3.8) is 0 Å². The van der Waals surface area contributed by atoms with E-state index in [1.807, 2.05) is 43.5 Å². The number of para-hydroxylation sites is 3. The molecular weight excluding hydrogens is 352 g/mol. The van der Waals surface area contributed by atoms with Gasteiger partial charge in [-0.3, -0.25) is 9.48 Å². The van der Waals surface area contributed by atoms with Crippen molar-refractivity contribution in [3.8, 4) is 5.75 Å². The molecule has 1 aliphatic rings. The van der Waals surface area contributed by atoms with E-state index in [9.17, 15) is 4.79 Å². The Balaban J connectivity index is 1.31. The molecule has 1 aromatic heterocycles. The number of nitrogens with one attached hydrogen (secondary N) is 1. The normalized spacial score (nSPS) is 17.1. The van der Waals surface area contributed by atoms with Crippen molar-refractivity contribution >= 4 is 22.5 Å². The zero-order chi connectivity index (χ0) is 19.3. The zero-order valence-electron chi connectivity index (χ0n) is 16.2. The van der Waals surface area contributed by atoms with E-state index >= 15 is 0 Å². The highest BCUT2D eigenvalue weighted by atomic mass is 16.5. The minimum atomic E-state index is 0.0140. The van der Waals surface area contributed by atoms with Gasteiger partial charge in [-0.2, -0.15) is 5.10 Å². The van der Waals surface area contributed by atoms with Crippen LogP contribution in [-0.2, 0) is 4.79 Å². The molecule has 4 rings (SSSR count). The van der Waals surface area contributed by atoms with Crippen LogP contribution in [0.15, 0.2) is 54.7 Å². The van der Waals surface area contributed by atoms with Gasteiger partial charge in [-0.25, -0.2) is 0 Å². The SMILES string of the molecule is CCOc1ccccc1NC(=O)CCN1CC[C@@H](n2ncc3ccccc32)C1. The summed E-state index contributed by atoms with van der Waals surface area (Å²) in [5, 5.41) is 8.74.